The second-order valence-corrected chi connectivity index (χ2v) is 5.05. The zero-order valence-corrected chi connectivity index (χ0v) is 12.2. The summed E-state index contributed by atoms with van der Waals surface area (Å²) in [5.41, 5.74) is 1.48. The predicted molar refractivity (Wildman–Crippen MR) is 75.4 cm³/mol. The topological polar surface area (TPSA) is 59.0 Å². The first kappa shape index (κ1) is 14.7. The number of hydrogen-bond donors (Lipinski definition) is 1. The number of aliphatic hydroxyl groups is 1. The highest BCUT2D eigenvalue weighted by molar-refractivity contribution is 5.96. The van der Waals surface area contributed by atoms with Crippen LogP contribution in [0.15, 0.2) is 12.1 Å². The first-order valence-electron chi connectivity index (χ1n) is 6.76. The summed E-state index contributed by atoms with van der Waals surface area (Å²) in [7, 11) is 3.13. The van der Waals surface area contributed by atoms with Gasteiger partial charge in [0, 0.05) is 18.7 Å². The zero-order chi connectivity index (χ0) is 14.7. The van der Waals surface area contributed by atoms with E-state index in [0.29, 0.717) is 43.0 Å². The summed E-state index contributed by atoms with van der Waals surface area (Å²) in [4.78, 5) is 14.3. The van der Waals surface area contributed by atoms with E-state index in [1.807, 2.05) is 13.0 Å². The van der Waals surface area contributed by atoms with Crippen molar-refractivity contribution in [2.24, 2.45) is 0 Å². The molecule has 0 atom stereocenters. The van der Waals surface area contributed by atoms with Gasteiger partial charge in [0.15, 0.2) is 11.5 Å². The van der Waals surface area contributed by atoms with E-state index in [2.05, 4.69) is 0 Å². The molecule has 0 bridgehead atoms. The molecule has 1 aliphatic heterocycles. The van der Waals surface area contributed by atoms with E-state index in [1.54, 1.807) is 25.2 Å². The fourth-order valence-electron chi connectivity index (χ4n) is 2.45. The lowest BCUT2D eigenvalue weighted by Gasteiger charge is -2.30. The van der Waals surface area contributed by atoms with Crippen molar-refractivity contribution in [3.8, 4) is 11.5 Å². The fraction of sp³-hybridized carbons (Fsp3) is 0.533. The maximum atomic E-state index is 12.5. The van der Waals surface area contributed by atoms with Gasteiger partial charge in [-0.15, -0.1) is 0 Å². The Balaban J connectivity index is 2.25. The molecular formula is C15H21NO4. The number of piperidine rings is 1. The van der Waals surface area contributed by atoms with Gasteiger partial charge in [-0.2, -0.15) is 0 Å². The highest BCUT2D eigenvalue weighted by Crippen LogP contribution is 2.31. The summed E-state index contributed by atoms with van der Waals surface area (Å²) in [5.74, 6) is 1.16. The van der Waals surface area contributed by atoms with Gasteiger partial charge in [-0.3, -0.25) is 4.79 Å². The van der Waals surface area contributed by atoms with Gasteiger partial charge in [0.2, 0.25) is 0 Å². The SMILES string of the molecule is COc1cc(C)c(C(=O)N2CCC(O)CC2)cc1OC. The molecule has 5 heteroatoms. The number of benzene rings is 1. The molecule has 110 valence electrons. The number of amides is 1. The minimum atomic E-state index is -0.287. The third-order valence-electron chi connectivity index (χ3n) is 3.71. The molecule has 5 nitrogen and oxygen atoms in total. The number of carbonyl (C=O) groups is 1. The fourth-order valence-corrected chi connectivity index (χ4v) is 2.45. The molecular weight excluding hydrogens is 258 g/mol. The largest absolute Gasteiger partial charge is 0.493 e. The molecule has 1 N–H and O–H groups in total. The monoisotopic (exact) mass is 279 g/mol. The molecule has 0 saturated carbocycles. The van der Waals surface area contributed by atoms with Crippen molar-refractivity contribution in [2.45, 2.75) is 25.9 Å². The Hall–Kier alpha value is -1.75. The molecule has 1 aliphatic rings. The molecule has 0 spiro atoms. The van der Waals surface area contributed by atoms with Crippen LogP contribution in [-0.4, -0.2) is 49.3 Å². The normalized spacial score (nSPS) is 16.1. The molecule has 0 aromatic heterocycles. The number of carbonyl (C=O) groups excluding carboxylic acids is 1. The Bertz CT molecular complexity index is 493. The molecule has 2 rings (SSSR count). The van der Waals surface area contributed by atoms with Crippen LogP contribution >= 0.6 is 0 Å². The van der Waals surface area contributed by atoms with E-state index >= 15 is 0 Å². The minimum absolute atomic E-state index is 0.0182. The van der Waals surface area contributed by atoms with Crippen LogP contribution in [0.3, 0.4) is 0 Å². The van der Waals surface area contributed by atoms with Gasteiger partial charge >= 0.3 is 0 Å². The highest BCUT2D eigenvalue weighted by atomic mass is 16.5. The molecule has 1 amide bonds. The Morgan fingerprint density at radius 1 is 1.20 bits per heavy atom. The first-order chi connectivity index (χ1) is 9.56. The average Bonchev–Trinajstić information content (AvgIpc) is 2.47. The Kier molecular flexibility index (Phi) is 4.49. The van der Waals surface area contributed by atoms with Crippen molar-refractivity contribution in [3.05, 3.63) is 23.3 Å². The van der Waals surface area contributed by atoms with Crippen molar-refractivity contribution in [2.75, 3.05) is 27.3 Å². The van der Waals surface area contributed by atoms with E-state index in [0.717, 1.165) is 5.56 Å². The van der Waals surface area contributed by atoms with Crippen LogP contribution in [0.25, 0.3) is 0 Å². The van der Waals surface area contributed by atoms with Gasteiger partial charge < -0.3 is 19.5 Å². The standard InChI is InChI=1S/C15H21NO4/c1-10-8-13(19-2)14(20-3)9-12(10)15(18)16-6-4-11(17)5-7-16/h8-9,11,17H,4-7H2,1-3H3. The van der Waals surface area contributed by atoms with Gasteiger partial charge in [-0.05, 0) is 37.5 Å². The van der Waals surface area contributed by atoms with E-state index in [-0.39, 0.29) is 12.0 Å². The molecule has 1 fully saturated rings. The molecule has 0 radical (unpaired) electrons. The molecule has 1 saturated heterocycles. The lowest BCUT2D eigenvalue weighted by atomic mass is 10.0. The van der Waals surface area contributed by atoms with Crippen LogP contribution in [-0.2, 0) is 0 Å². The van der Waals surface area contributed by atoms with Crippen LogP contribution in [0.1, 0.15) is 28.8 Å². The average molecular weight is 279 g/mol. The molecule has 1 heterocycles. The molecule has 1 aromatic rings. The van der Waals surface area contributed by atoms with Crippen LogP contribution in [0.2, 0.25) is 0 Å². The number of ether oxygens (including phenoxy) is 2. The van der Waals surface area contributed by atoms with Gasteiger partial charge in [-0.25, -0.2) is 0 Å². The molecule has 0 aliphatic carbocycles. The van der Waals surface area contributed by atoms with E-state index in [4.69, 9.17) is 9.47 Å². The summed E-state index contributed by atoms with van der Waals surface area (Å²) in [6.07, 6.45) is 0.987. The number of rotatable bonds is 3. The van der Waals surface area contributed by atoms with Crippen molar-refractivity contribution in [1.29, 1.82) is 0 Å². The minimum Gasteiger partial charge on any atom is -0.493 e. The number of hydrogen-bond acceptors (Lipinski definition) is 4. The van der Waals surface area contributed by atoms with Crippen LogP contribution in [0.5, 0.6) is 11.5 Å². The maximum absolute atomic E-state index is 12.5. The van der Waals surface area contributed by atoms with Gasteiger partial charge in [0.1, 0.15) is 0 Å². The van der Waals surface area contributed by atoms with Crippen LogP contribution in [0, 0.1) is 6.92 Å². The second kappa shape index (κ2) is 6.13. The maximum Gasteiger partial charge on any atom is 0.254 e. The Morgan fingerprint density at radius 3 is 2.30 bits per heavy atom. The molecule has 0 unspecified atom stereocenters. The second-order valence-electron chi connectivity index (χ2n) is 5.05. The van der Waals surface area contributed by atoms with Gasteiger partial charge in [0.25, 0.3) is 5.91 Å². The summed E-state index contributed by atoms with van der Waals surface area (Å²) >= 11 is 0. The molecule has 20 heavy (non-hydrogen) atoms. The lowest BCUT2D eigenvalue weighted by molar-refractivity contribution is 0.0545. The summed E-state index contributed by atoms with van der Waals surface area (Å²) in [5, 5.41) is 9.51. The van der Waals surface area contributed by atoms with Crippen molar-refractivity contribution >= 4 is 5.91 Å². The van der Waals surface area contributed by atoms with Crippen molar-refractivity contribution in [3.63, 3.8) is 0 Å². The van der Waals surface area contributed by atoms with Crippen molar-refractivity contribution < 1.29 is 19.4 Å². The Morgan fingerprint density at radius 2 is 1.75 bits per heavy atom. The highest BCUT2D eigenvalue weighted by Gasteiger charge is 2.24. The zero-order valence-electron chi connectivity index (χ0n) is 12.2. The predicted octanol–water partition coefficient (Wildman–Crippen LogP) is 1.61. The van der Waals surface area contributed by atoms with Crippen LogP contribution in [0.4, 0.5) is 0 Å². The van der Waals surface area contributed by atoms with Gasteiger partial charge in [-0.1, -0.05) is 0 Å². The van der Waals surface area contributed by atoms with E-state index in [9.17, 15) is 9.90 Å². The van der Waals surface area contributed by atoms with Crippen LogP contribution < -0.4 is 9.47 Å². The third kappa shape index (κ3) is 2.88. The number of methoxy groups -OCH3 is 2. The number of nitrogens with zero attached hydrogens (tertiary/aromatic N) is 1. The summed E-state index contributed by atoms with van der Waals surface area (Å²) in [6, 6.07) is 3.53. The third-order valence-corrected chi connectivity index (χ3v) is 3.71. The smallest absolute Gasteiger partial charge is 0.254 e. The van der Waals surface area contributed by atoms with Crippen molar-refractivity contribution in [1.82, 2.24) is 4.90 Å². The summed E-state index contributed by atoms with van der Waals surface area (Å²) in [6.45, 7) is 3.07. The summed E-state index contributed by atoms with van der Waals surface area (Å²) < 4.78 is 10.5. The molecule has 1 aromatic carbocycles. The number of aryl methyl sites for hydroxylation is 1. The van der Waals surface area contributed by atoms with E-state index in [1.165, 1.54) is 0 Å². The number of likely N-dealkylation sites (tertiary alicyclic amines) is 1. The Labute approximate surface area is 119 Å². The van der Waals surface area contributed by atoms with Gasteiger partial charge in [0.05, 0.1) is 20.3 Å². The lowest BCUT2D eigenvalue weighted by Crippen LogP contribution is -2.40. The quantitative estimate of drug-likeness (QED) is 0.913. The first-order valence-corrected chi connectivity index (χ1v) is 6.76. The number of aliphatic hydroxyl groups excluding tert-OH is 1. The van der Waals surface area contributed by atoms with E-state index < -0.39 is 0 Å².